The quantitative estimate of drug-likeness (QED) is 0.444. The van der Waals surface area contributed by atoms with Gasteiger partial charge in [-0.1, -0.05) is 12.1 Å². The molecule has 4 rings (SSSR count). The van der Waals surface area contributed by atoms with Gasteiger partial charge in [-0.2, -0.15) is 0 Å². The standard InChI is InChI=1S/C24H27N3O2/c1-23(2,3)27(24(4,5)6)16-12-11-15-13-17(22(28)29-20(15)14-16)21-25-18-9-7-8-10-19(18)26-21/h7-14H,1-6H3,(H,25,26). The maximum absolute atomic E-state index is 12.7. The Morgan fingerprint density at radius 3 is 2.28 bits per heavy atom. The van der Waals surface area contributed by atoms with Gasteiger partial charge in [0.1, 0.15) is 17.0 Å². The Morgan fingerprint density at radius 2 is 1.62 bits per heavy atom. The molecule has 2 aromatic heterocycles. The van der Waals surface area contributed by atoms with Crippen molar-refractivity contribution in [3.05, 3.63) is 59.0 Å². The molecular formula is C24H27N3O2. The average molecular weight is 389 g/mol. The van der Waals surface area contributed by atoms with Gasteiger partial charge in [0.05, 0.1) is 11.0 Å². The maximum atomic E-state index is 12.7. The lowest BCUT2D eigenvalue weighted by atomic mass is 9.94. The van der Waals surface area contributed by atoms with Crippen LogP contribution >= 0.6 is 0 Å². The molecule has 0 saturated heterocycles. The monoisotopic (exact) mass is 389 g/mol. The lowest BCUT2D eigenvalue weighted by molar-refractivity contribution is 0.381. The molecule has 0 unspecified atom stereocenters. The highest BCUT2D eigenvalue weighted by molar-refractivity contribution is 5.85. The lowest BCUT2D eigenvalue weighted by Crippen LogP contribution is -2.53. The molecule has 0 amide bonds. The molecule has 0 atom stereocenters. The van der Waals surface area contributed by atoms with Gasteiger partial charge >= 0.3 is 5.63 Å². The molecule has 0 spiro atoms. The summed E-state index contributed by atoms with van der Waals surface area (Å²) >= 11 is 0. The van der Waals surface area contributed by atoms with Crippen molar-refractivity contribution < 1.29 is 4.42 Å². The summed E-state index contributed by atoms with van der Waals surface area (Å²) in [4.78, 5) is 22.8. The van der Waals surface area contributed by atoms with Gasteiger partial charge in [-0.05, 0) is 71.9 Å². The summed E-state index contributed by atoms with van der Waals surface area (Å²) in [5.74, 6) is 0.525. The minimum absolute atomic E-state index is 0.0829. The van der Waals surface area contributed by atoms with Crippen LogP contribution in [0.1, 0.15) is 41.5 Å². The van der Waals surface area contributed by atoms with Crippen molar-refractivity contribution in [1.29, 1.82) is 0 Å². The van der Waals surface area contributed by atoms with Gasteiger partial charge in [0, 0.05) is 28.2 Å². The van der Waals surface area contributed by atoms with Crippen LogP contribution in [-0.2, 0) is 0 Å². The first-order chi connectivity index (χ1) is 13.5. The number of H-pyrrole nitrogens is 1. The molecule has 0 aliphatic heterocycles. The predicted octanol–water partition coefficient (Wildman–Crippen LogP) is 5.74. The summed E-state index contributed by atoms with van der Waals surface area (Å²) in [5.41, 5.74) is 3.19. The Kier molecular flexibility index (Phi) is 4.30. The molecule has 0 bridgehead atoms. The van der Waals surface area contributed by atoms with Crippen LogP contribution in [0.25, 0.3) is 33.4 Å². The fourth-order valence-electron chi connectivity index (χ4n) is 4.27. The lowest BCUT2D eigenvalue weighted by Gasteiger charge is -2.47. The summed E-state index contributed by atoms with van der Waals surface area (Å²) in [6.07, 6.45) is 0. The number of aromatic nitrogens is 2. The number of para-hydroxylation sites is 2. The topological polar surface area (TPSA) is 62.1 Å². The summed E-state index contributed by atoms with van der Waals surface area (Å²) < 4.78 is 5.72. The van der Waals surface area contributed by atoms with Gasteiger partial charge in [0.25, 0.3) is 0 Å². The van der Waals surface area contributed by atoms with E-state index < -0.39 is 5.63 Å². The molecule has 0 fully saturated rings. The van der Waals surface area contributed by atoms with Crippen LogP contribution in [0.3, 0.4) is 0 Å². The Morgan fingerprint density at radius 1 is 0.931 bits per heavy atom. The third kappa shape index (κ3) is 3.53. The number of hydrogen-bond donors (Lipinski definition) is 1. The van der Waals surface area contributed by atoms with E-state index in [9.17, 15) is 4.79 Å². The molecule has 2 aromatic carbocycles. The first kappa shape index (κ1) is 19.2. The van der Waals surface area contributed by atoms with Crippen LogP contribution in [0.4, 0.5) is 5.69 Å². The van der Waals surface area contributed by atoms with Gasteiger partial charge in [0.2, 0.25) is 0 Å². The molecule has 4 aromatic rings. The molecule has 5 nitrogen and oxygen atoms in total. The van der Waals surface area contributed by atoms with E-state index >= 15 is 0 Å². The highest BCUT2D eigenvalue weighted by Crippen LogP contribution is 2.34. The number of anilines is 1. The second kappa shape index (κ2) is 6.48. The van der Waals surface area contributed by atoms with E-state index in [1.54, 1.807) is 0 Å². The minimum Gasteiger partial charge on any atom is -0.422 e. The molecular weight excluding hydrogens is 362 g/mol. The number of rotatable bonds is 2. The third-order valence-corrected chi connectivity index (χ3v) is 4.96. The molecule has 0 saturated carbocycles. The van der Waals surface area contributed by atoms with Crippen molar-refractivity contribution in [3.63, 3.8) is 0 Å². The van der Waals surface area contributed by atoms with E-state index in [0.29, 0.717) is 17.0 Å². The zero-order valence-corrected chi connectivity index (χ0v) is 17.8. The largest absolute Gasteiger partial charge is 0.422 e. The summed E-state index contributed by atoms with van der Waals surface area (Å²) in [5, 5.41) is 0.867. The molecule has 0 radical (unpaired) electrons. The highest BCUT2D eigenvalue weighted by atomic mass is 16.4. The Labute approximate surface area is 170 Å². The van der Waals surface area contributed by atoms with Crippen molar-refractivity contribution in [2.24, 2.45) is 0 Å². The molecule has 2 heterocycles. The highest BCUT2D eigenvalue weighted by Gasteiger charge is 2.31. The van der Waals surface area contributed by atoms with Crippen LogP contribution in [0.5, 0.6) is 0 Å². The number of nitrogens with zero attached hydrogens (tertiary/aromatic N) is 2. The minimum atomic E-state index is -0.397. The number of hydrogen-bond acceptors (Lipinski definition) is 4. The smallest absolute Gasteiger partial charge is 0.347 e. The van der Waals surface area contributed by atoms with E-state index in [1.807, 2.05) is 42.5 Å². The Balaban J connectivity index is 1.84. The van der Waals surface area contributed by atoms with E-state index in [0.717, 1.165) is 22.1 Å². The predicted molar refractivity (Wildman–Crippen MR) is 120 cm³/mol. The average Bonchev–Trinajstić information content (AvgIpc) is 3.02. The number of nitrogens with one attached hydrogen (secondary N) is 1. The summed E-state index contributed by atoms with van der Waals surface area (Å²) in [6, 6.07) is 15.6. The van der Waals surface area contributed by atoms with Crippen LogP contribution in [-0.4, -0.2) is 21.0 Å². The third-order valence-electron chi connectivity index (χ3n) is 4.96. The molecule has 0 aliphatic carbocycles. The van der Waals surface area contributed by atoms with E-state index in [-0.39, 0.29) is 11.1 Å². The number of fused-ring (bicyclic) bond motifs is 2. The van der Waals surface area contributed by atoms with E-state index in [1.165, 1.54) is 0 Å². The Hall–Kier alpha value is -3.08. The van der Waals surface area contributed by atoms with Crippen molar-refractivity contribution in [3.8, 4) is 11.4 Å². The summed E-state index contributed by atoms with van der Waals surface area (Å²) in [7, 11) is 0. The molecule has 150 valence electrons. The van der Waals surface area contributed by atoms with Crippen LogP contribution in [0.2, 0.25) is 0 Å². The van der Waals surface area contributed by atoms with Crippen LogP contribution in [0, 0.1) is 0 Å². The van der Waals surface area contributed by atoms with Gasteiger partial charge in [-0.3, -0.25) is 0 Å². The Bertz CT molecular complexity index is 1210. The van der Waals surface area contributed by atoms with E-state index in [4.69, 9.17) is 4.42 Å². The first-order valence-electron chi connectivity index (χ1n) is 9.87. The van der Waals surface area contributed by atoms with Gasteiger partial charge in [-0.25, -0.2) is 9.78 Å². The number of aromatic amines is 1. The van der Waals surface area contributed by atoms with Gasteiger partial charge < -0.3 is 14.3 Å². The fourth-order valence-corrected chi connectivity index (χ4v) is 4.27. The molecule has 29 heavy (non-hydrogen) atoms. The van der Waals surface area contributed by atoms with Crippen molar-refractivity contribution in [2.45, 2.75) is 52.6 Å². The zero-order valence-electron chi connectivity index (χ0n) is 17.8. The van der Waals surface area contributed by atoms with Gasteiger partial charge in [-0.15, -0.1) is 0 Å². The van der Waals surface area contributed by atoms with Gasteiger partial charge in [0.15, 0.2) is 0 Å². The molecule has 0 aliphatic rings. The van der Waals surface area contributed by atoms with Crippen molar-refractivity contribution in [2.75, 3.05) is 4.90 Å². The SMILES string of the molecule is CC(C)(C)N(c1ccc2cc(-c3nc4ccccc4[nH]3)c(=O)oc2c1)C(C)(C)C. The normalized spacial score (nSPS) is 12.6. The first-order valence-corrected chi connectivity index (χ1v) is 9.87. The van der Waals surface area contributed by atoms with E-state index in [2.05, 4.69) is 62.5 Å². The van der Waals surface area contributed by atoms with Crippen LogP contribution in [0.15, 0.2) is 57.7 Å². The number of imidazole rings is 1. The fraction of sp³-hybridized carbons (Fsp3) is 0.333. The number of benzene rings is 2. The van der Waals surface area contributed by atoms with Crippen molar-refractivity contribution >= 4 is 27.7 Å². The molecule has 5 heteroatoms. The second-order valence-electron chi connectivity index (χ2n) is 9.45. The zero-order chi connectivity index (χ0) is 21.0. The second-order valence-corrected chi connectivity index (χ2v) is 9.45. The van der Waals surface area contributed by atoms with Crippen molar-refractivity contribution in [1.82, 2.24) is 9.97 Å². The maximum Gasteiger partial charge on any atom is 0.347 e. The molecule has 1 N–H and O–H groups in total. The van der Waals surface area contributed by atoms with Crippen LogP contribution < -0.4 is 10.5 Å². The summed E-state index contributed by atoms with van der Waals surface area (Å²) in [6.45, 7) is 13.1.